The second-order valence-electron chi connectivity index (χ2n) is 6.25. The molecule has 23 heavy (non-hydrogen) atoms. The lowest BCUT2D eigenvalue weighted by molar-refractivity contribution is 0.308. The van der Waals surface area contributed by atoms with Crippen LogP contribution in [0.3, 0.4) is 0 Å². The molecule has 0 radical (unpaired) electrons. The van der Waals surface area contributed by atoms with E-state index in [9.17, 15) is 8.78 Å². The molecule has 1 aromatic carbocycles. The van der Waals surface area contributed by atoms with Gasteiger partial charge in [0.2, 0.25) is 5.13 Å². The van der Waals surface area contributed by atoms with Crippen LogP contribution < -0.4 is 5.32 Å². The summed E-state index contributed by atoms with van der Waals surface area (Å²) in [7, 11) is 1.99. The van der Waals surface area contributed by atoms with Gasteiger partial charge in [-0.2, -0.15) is 4.37 Å². The Kier molecular flexibility index (Phi) is 4.59. The minimum atomic E-state index is -0.815. The van der Waals surface area contributed by atoms with Crippen LogP contribution in [0.4, 0.5) is 13.9 Å². The predicted octanol–water partition coefficient (Wildman–Crippen LogP) is 3.80. The van der Waals surface area contributed by atoms with Gasteiger partial charge in [-0.3, -0.25) is 4.90 Å². The molecule has 1 aliphatic rings. The molecule has 2 heterocycles. The molecule has 1 N–H and O–H groups in total. The monoisotopic (exact) mass is 338 g/mol. The number of benzene rings is 1. The van der Waals surface area contributed by atoms with Gasteiger partial charge >= 0.3 is 0 Å². The molecule has 0 saturated carbocycles. The number of nitrogens with zero attached hydrogens (tertiary/aromatic N) is 3. The molecule has 1 aromatic heterocycles. The first-order valence-electron chi connectivity index (χ1n) is 7.71. The van der Waals surface area contributed by atoms with Gasteiger partial charge < -0.3 is 5.32 Å². The molecule has 124 valence electrons. The molecule has 1 aliphatic heterocycles. The highest BCUT2D eigenvalue weighted by Crippen LogP contribution is 2.34. The lowest BCUT2D eigenvalue weighted by Gasteiger charge is -2.26. The van der Waals surface area contributed by atoms with Crippen LogP contribution in [0.5, 0.6) is 0 Å². The number of aromatic nitrogens is 2. The zero-order chi connectivity index (χ0) is 16.6. The van der Waals surface area contributed by atoms with E-state index in [1.165, 1.54) is 23.7 Å². The van der Waals surface area contributed by atoms with Crippen molar-refractivity contribution in [2.24, 2.45) is 0 Å². The lowest BCUT2D eigenvalue weighted by Crippen LogP contribution is -2.29. The summed E-state index contributed by atoms with van der Waals surface area (Å²) in [6, 6.07) is 4.21. The Morgan fingerprint density at radius 2 is 2.09 bits per heavy atom. The molecule has 1 fully saturated rings. The number of anilines is 1. The van der Waals surface area contributed by atoms with E-state index in [4.69, 9.17) is 0 Å². The Hall–Kier alpha value is -1.60. The van der Waals surface area contributed by atoms with E-state index in [0.29, 0.717) is 0 Å². The number of hydrogen-bond donors (Lipinski definition) is 1. The average Bonchev–Trinajstić information content (AvgIpc) is 3.10. The fraction of sp³-hybridized carbons (Fsp3) is 0.500. The lowest BCUT2D eigenvalue weighted by atomic mass is 10.00. The van der Waals surface area contributed by atoms with E-state index in [-0.39, 0.29) is 18.0 Å². The minimum Gasteiger partial charge on any atom is -0.356 e. The average molecular weight is 338 g/mol. The second-order valence-corrected chi connectivity index (χ2v) is 7.00. The first-order chi connectivity index (χ1) is 11.0. The van der Waals surface area contributed by atoms with E-state index in [0.717, 1.165) is 29.5 Å². The molecule has 1 saturated heterocycles. The number of halogens is 2. The zero-order valence-electron chi connectivity index (χ0n) is 13.4. The van der Waals surface area contributed by atoms with E-state index < -0.39 is 11.6 Å². The quantitative estimate of drug-likeness (QED) is 0.921. The molecule has 2 atom stereocenters. The van der Waals surface area contributed by atoms with Crippen LogP contribution in [-0.4, -0.2) is 33.9 Å². The first kappa shape index (κ1) is 16.3. The highest BCUT2D eigenvalue weighted by atomic mass is 32.1. The van der Waals surface area contributed by atoms with Crippen LogP contribution in [0.1, 0.15) is 43.6 Å². The van der Waals surface area contributed by atoms with Crippen molar-refractivity contribution in [3.8, 4) is 0 Å². The number of likely N-dealkylation sites (tertiary alicyclic amines) is 1. The van der Waals surface area contributed by atoms with Crippen molar-refractivity contribution in [3.05, 3.63) is 41.2 Å². The summed E-state index contributed by atoms with van der Waals surface area (Å²) in [5.41, 5.74) is 0.773. The van der Waals surface area contributed by atoms with Gasteiger partial charge in [0.25, 0.3) is 0 Å². The molecule has 0 bridgehead atoms. The molecule has 0 aliphatic carbocycles. The van der Waals surface area contributed by atoms with Gasteiger partial charge in [-0.05, 0) is 31.2 Å². The Morgan fingerprint density at radius 1 is 1.30 bits per heavy atom. The van der Waals surface area contributed by atoms with Crippen molar-refractivity contribution in [3.63, 3.8) is 0 Å². The van der Waals surface area contributed by atoms with Crippen molar-refractivity contribution >= 4 is 16.7 Å². The van der Waals surface area contributed by atoms with Gasteiger partial charge in [0, 0.05) is 30.0 Å². The van der Waals surface area contributed by atoms with Gasteiger partial charge in [-0.15, -0.1) is 0 Å². The maximum absolute atomic E-state index is 13.6. The normalized spacial score (nSPS) is 22.0. The van der Waals surface area contributed by atoms with E-state index >= 15 is 0 Å². The van der Waals surface area contributed by atoms with Gasteiger partial charge in [0.15, 0.2) is 11.6 Å². The van der Waals surface area contributed by atoms with Crippen molar-refractivity contribution in [1.82, 2.24) is 14.3 Å². The molecule has 0 unspecified atom stereocenters. The van der Waals surface area contributed by atoms with Gasteiger partial charge in [-0.25, -0.2) is 13.8 Å². The fourth-order valence-electron chi connectivity index (χ4n) is 2.97. The van der Waals surface area contributed by atoms with Crippen molar-refractivity contribution in [2.75, 3.05) is 18.9 Å². The predicted molar refractivity (Wildman–Crippen MR) is 87.8 cm³/mol. The molecule has 4 nitrogen and oxygen atoms in total. The Balaban J connectivity index is 1.81. The third kappa shape index (κ3) is 3.35. The fourth-order valence-corrected chi connectivity index (χ4v) is 3.74. The largest absolute Gasteiger partial charge is 0.356 e. The summed E-state index contributed by atoms with van der Waals surface area (Å²) in [5.74, 6) is -0.507. The van der Waals surface area contributed by atoms with Crippen molar-refractivity contribution in [1.29, 1.82) is 0 Å². The van der Waals surface area contributed by atoms with Crippen LogP contribution in [0.2, 0.25) is 0 Å². The number of nitrogens with one attached hydrogen (secondary N) is 1. The summed E-state index contributed by atoms with van der Waals surface area (Å²) >= 11 is 1.34. The first-order valence-corrected chi connectivity index (χ1v) is 8.48. The molecule has 0 amide bonds. The topological polar surface area (TPSA) is 41.1 Å². The van der Waals surface area contributed by atoms with Crippen LogP contribution in [-0.2, 0) is 0 Å². The van der Waals surface area contributed by atoms with E-state index in [1.807, 2.05) is 7.05 Å². The smallest absolute Gasteiger partial charge is 0.202 e. The van der Waals surface area contributed by atoms with E-state index in [1.54, 1.807) is 6.07 Å². The van der Waals surface area contributed by atoms with Crippen LogP contribution in [0.25, 0.3) is 0 Å². The van der Waals surface area contributed by atoms with Crippen LogP contribution in [0, 0.1) is 11.6 Å². The summed E-state index contributed by atoms with van der Waals surface area (Å²) in [6.45, 7) is 5.00. The SMILES string of the molecule is CC(C)c1nsc(N[C@@H]2CCN(C)[C@@H]2c2ccc(F)c(F)c2)n1. The Morgan fingerprint density at radius 3 is 2.74 bits per heavy atom. The van der Waals surface area contributed by atoms with E-state index in [2.05, 4.69) is 33.4 Å². The molecule has 2 aromatic rings. The second kappa shape index (κ2) is 6.49. The molecular formula is C16H20F2N4S. The number of likely N-dealkylation sites (N-methyl/N-ethyl adjacent to an activating group) is 1. The van der Waals surface area contributed by atoms with Crippen LogP contribution >= 0.6 is 11.5 Å². The maximum atomic E-state index is 13.6. The molecular weight excluding hydrogens is 318 g/mol. The highest BCUT2D eigenvalue weighted by molar-refractivity contribution is 7.09. The highest BCUT2D eigenvalue weighted by Gasteiger charge is 2.34. The molecule has 3 rings (SSSR count). The molecule has 0 spiro atoms. The summed E-state index contributed by atoms with van der Waals surface area (Å²) < 4.78 is 31.1. The van der Waals surface area contributed by atoms with Crippen molar-refractivity contribution < 1.29 is 8.78 Å². The maximum Gasteiger partial charge on any atom is 0.202 e. The Labute approximate surface area is 138 Å². The third-order valence-electron chi connectivity index (χ3n) is 4.20. The molecule has 7 heteroatoms. The summed E-state index contributed by atoms with van der Waals surface area (Å²) in [4.78, 5) is 6.65. The van der Waals surface area contributed by atoms with Crippen LogP contribution in [0.15, 0.2) is 18.2 Å². The van der Waals surface area contributed by atoms with Gasteiger partial charge in [0.05, 0.1) is 6.04 Å². The third-order valence-corrected chi connectivity index (χ3v) is 4.86. The standard InChI is InChI=1S/C16H20F2N4S/c1-9(2)15-20-16(23-21-15)19-13-6-7-22(3)14(13)10-4-5-11(17)12(18)8-10/h4-5,8-9,13-14H,6-7H2,1-3H3,(H,19,20,21)/t13-,14-/m1/s1. The van der Waals surface area contributed by atoms with Gasteiger partial charge in [-0.1, -0.05) is 19.9 Å². The van der Waals surface area contributed by atoms with Gasteiger partial charge in [0.1, 0.15) is 5.82 Å². The van der Waals surface area contributed by atoms with Crippen molar-refractivity contribution in [2.45, 2.75) is 38.3 Å². The Bertz CT molecular complexity index is 688. The summed E-state index contributed by atoms with van der Waals surface area (Å²) in [5, 5.41) is 4.20. The summed E-state index contributed by atoms with van der Waals surface area (Å²) in [6.07, 6.45) is 0.913. The minimum absolute atomic E-state index is 0.0171. The number of hydrogen-bond acceptors (Lipinski definition) is 5. The number of rotatable bonds is 4. The zero-order valence-corrected chi connectivity index (χ0v) is 14.2.